The monoisotopic (exact) mass is 782 g/mol. The van der Waals surface area contributed by atoms with Crippen molar-refractivity contribution in [1.29, 1.82) is 0 Å². The second kappa shape index (κ2) is 17.0. The van der Waals surface area contributed by atoms with Crippen LogP contribution in [0.1, 0.15) is 33.6 Å². The van der Waals surface area contributed by atoms with Gasteiger partial charge in [0.25, 0.3) is 0 Å². The molecule has 0 saturated carbocycles. The van der Waals surface area contributed by atoms with Crippen LogP contribution in [0.15, 0.2) is 36.4 Å². The summed E-state index contributed by atoms with van der Waals surface area (Å²) in [5.41, 5.74) is 28.2. The van der Waals surface area contributed by atoms with Crippen LogP contribution in [0.25, 0.3) is 55.9 Å². The summed E-state index contributed by atoms with van der Waals surface area (Å²) in [4.78, 5) is 56.5. The van der Waals surface area contributed by atoms with Gasteiger partial charge in [-0.1, -0.05) is 30.3 Å². The van der Waals surface area contributed by atoms with Crippen molar-refractivity contribution in [3.8, 4) is 33.6 Å². The maximum absolute atomic E-state index is 10.9. The number of benzene rings is 3. The largest absolute Gasteiger partial charge is 2.00 e. The average molecular weight is 782 g/mol. The quantitative estimate of drug-likeness (QED) is 0.166. The van der Waals surface area contributed by atoms with Gasteiger partial charge in [0.05, 0.1) is 36.7 Å². The number of ether oxygens (including phenoxy) is 2. The van der Waals surface area contributed by atoms with Gasteiger partial charge in [0, 0.05) is 22.5 Å². The van der Waals surface area contributed by atoms with Crippen LogP contribution in [-0.4, -0.2) is 58.4 Å². The SMILES string of the molecule is COC([NH-])=O.COC([NH-])=O.O=[C-]Pc1nc2c([nH]1)CCc1cc3c(cc1-2)CCc1c-3ccc2c3c(ccc12)-c1nc(P[C-]=O)[nH]c1CC3.[V+2].[V+2]. The molecule has 16 heteroatoms. The van der Waals surface area contributed by atoms with Crippen LogP contribution in [-0.2, 0) is 94.7 Å². The first-order chi connectivity index (χ1) is 23.3. The van der Waals surface area contributed by atoms with Crippen LogP contribution in [0.3, 0.4) is 0 Å². The summed E-state index contributed by atoms with van der Waals surface area (Å²) in [6.45, 7) is 0. The van der Waals surface area contributed by atoms with E-state index in [2.05, 4.69) is 55.8 Å². The topological polar surface area (TPSA) is 192 Å². The summed E-state index contributed by atoms with van der Waals surface area (Å²) in [5, 5.41) is 2.67. The van der Waals surface area contributed by atoms with Crippen LogP contribution in [0.5, 0.6) is 0 Å². The average Bonchev–Trinajstić information content (AvgIpc) is 3.71. The van der Waals surface area contributed by atoms with E-state index in [1.807, 2.05) is 12.1 Å². The number of rotatable bonds is 4. The number of fused-ring (bicyclic) bond motifs is 12. The number of methoxy groups -OCH3 is 2. The van der Waals surface area contributed by atoms with E-state index in [9.17, 15) is 19.2 Å². The predicted octanol–water partition coefficient (Wildman–Crippen LogP) is 5.93. The number of H-pyrrole nitrogens is 2. The molecule has 50 heavy (non-hydrogen) atoms. The molecular formula is C34H30N6O6P2V2. The molecule has 2 radical (unpaired) electrons. The van der Waals surface area contributed by atoms with Crippen molar-refractivity contribution in [3.05, 3.63) is 81.5 Å². The van der Waals surface area contributed by atoms with E-state index in [1.54, 1.807) is 0 Å². The normalized spacial score (nSPS) is 12.9. The second-order valence-corrected chi connectivity index (χ2v) is 13.1. The minimum Gasteiger partial charge on any atom is -0.632 e. The number of aromatic amines is 2. The van der Waals surface area contributed by atoms with E-state index < -0.39 is 12.2 Å². The summed E-state index contributed by atoms with van der Waals surface area (Å²) in [6.07, 6.45) is 3.77. The molecule has 4 N–H and O–H groups in total. The van der Waals surface area contributed by atoms with Crippen molar-refractivity contribution in [2.24, 2.45) is 0 Å². The Labute approximate surface area is 315 Å². The summed E-state index contributed by atoms with van der Waals surface area (Å²) < 4.78 is 7.56. The minimum absolute atomic E-state index is 0. The van der Waals surface area contributed by atoms with Crippen LogP contribution >= 0.6 is 17.2 Å². The van der Waals surface area contributed by atoms with Crippen molar-refractivity contribution in [3.63, 3.8) is 0 Å². The molecule has 2 unspecified atom stereocenters. The van der Waals surface area contributed by atoms with Crippen molar-refractivity contribution in [2.45, 2.75) is 38.5 Å². The second-order valence-electron chi connectivity index (χ2n) is 11.2. The summed E-state index contributed by atoms with van der Waals surface area (Å²) in [5.74, 6) is 0. The predicted molar refractivity (Wildman–Crippen MR) is 188 cm³/mol. The Kier molecular flexibility index (Phi) is 13.3. The number of aromatic nitrogens is 4. The molecule has 0 saturated heterocycles. The molecule has 0 bridgehead atoms. The Bertz CT molecular complexity index is 2090. The van der Waals surface area contributed by atoms with Crippen molar-refractivity contribution >= 4 is 63.3 Å². The van der Waals surface area contributed by atoms with Gasteiger partial charge in [-0.05, 0) is 88.7 Å². The molecule has 2 heterocycles. The zero-order valence-corrected chi connectivity index (χ0v) is 31.7. The van der Waals surface area contributed by atoms with Gasteiger partial charge in [0.1, 0.15) is 0 Å². The van der Waals surface area contributed by atoms with Gasteiger partial charge in [0.15, 0.2) is 0 Å². The number of amides is 2. The van der Waals surface area contributed by atoms with Gasteiger partial charge in [-0.3, -0.25) is 9.59 Å². The van der Waals surface area contributed by atoms with Gasteiger partial charge in [0.2, 0.25) is 12.2 Å². The van der Waals surface area contributed by atoms with Gasteiger partial charge in [-0.2, -0.15) is 17.2 Å². The molecule has 2 aromatic heterocycles. The fourth-order valence-electron chi connectivity index (χ4n) is 6.73. The van der Waals surface area contributed by atoms with Crippen molar-refractivity contribution in [1.82, 2.24) is 19.9 Å². The number of nitrogens with zero attached hydrogens (tertiary/aromatic N) is 2. The van der Waals surface area contributed by atoms with Crippen LogP contribution in [0.2, 0.25) is 0 Å². The molecule has 12 nitrogen and oxygen atoms in total. The van der Waals surface area contributed by atoms with Crippen LogP contribution < -0.4 is 11.1 Å². The molecule has 2 atom stereocenters. The fourth-order valence-corrected chi connectivity index (χ4v) is 7.68. The molecule has 5 aromatic rings. The number of carbonyl (C=O) groups excluding carboxylic acids is 4. The van der Waals surface area contributed by atoms with Crippen molar-refractivity contribution < 1.29 is 65.8 Å². The van der Waals surface area contributed by atoms with E-state index in [1.165, 1.54) is 55.3 Å². The Hall–Kier alpha value is -3.75. The molecule has 3 aliphatic carbocycles. The number of aryl methyl sites for hydroxylation is 6. The van der Waals surface area contributed by atoms with Crippen LogP contribution in [0, 0.1) is 0 Å². The summed E-state index contributed by atoms with van der Waals surface area (Å²) in [7, 11) is 2.22. The first-order valence-electron chi connectivity index (χ1n) is 15.0. The molecule has 0 aliphatic heterocycles. The van der Waals surface area contributed by atoms with E-state index >= 15 is 0 Å². The number of hydrogen-bond donors (Lipinski definition) is 2. The molecule has 2 amide bonds. The number of imidazole rings is 2. The Balaban J connectivity index is 0.000000416. The molecule has 3 aliphatic rings. The zero-order valence-electron chi connectivity index (χ0n) is 26.9. The third-order valence-corrected chi connectivity index (χ3v) is 9.89. The first-order valence-corrected chi connectivity index (χ1v) is 17.0. The maximum atomic E-state index is 10.9. The molecular weight excluding hydrogens is 752 g/mol. The smallest absolute Gasteiger partial charge is 0.632 e. The maximum Gasteiger partial charge on any atom is 2.00 e. The van der Waals surface area contributed by atoms with Crippen LogP contribution in [0.4, 0.5) is 9.59 Å². The molecule has 3 aromatic carbocycles. The van der Waals surface area contributed by atoms with E-state index in [0.717, 1.165) is 86.7 Å². The summed E-state index contributed by atoms with van der Waals surface area (Å²) >= 11 is 0. The van der Waals surface area contributed by atoms with Crippen molar-refractivity contribution in [2.75, 3.05) is 14.2 Å². The minimum atomic E-state index is -0.995. The molecule has 0 spiro atoms. The zero-order chi connectivity index (χ0) is 33.9. The molecule has 8 rings (SSSR count). The molecule has 0 fully saturated rings. The standard InChI is InChI=1S/C30H22N4O2P2.2C2H5NO2.2V/c35-13-37-29-32-26-10-8-20-19-4-5-21-17(18(19)6-7-22(20)27(26)33-29)3-1-15-12-24-16(11-23(15)21)2-9-25-28(24)34-30(31-25)38-14-36;2*1-5-2(3)4;;/h4-7,11-12,37-38H,1-3,8-10H2,(H,31,34)(H,32,33);2*1H3,(H2,3,4);;/q-2;;;2*+2/p-2. The van der Waals surface area contributed by atoms with Gasteiger partial charge in [-0.15, -0.1) is 0 Å². The fraction of sp³-hybridized carbons (Fsp3) is 0.235. The van der Waals surface area contributed by atoms with Gasteiger partial charge in [-0.25, -0.2) is 22.0 Å². The van der Waals surface area contributed by atoms with E-state index in [4.69, 9.17) is 21.4 Å². The summed E-state index contributed by atoms with van der Waals surface area (Å²) in [6, 6.07) is 17.8. The Morgan fingerprint density at radius 1 is 0.660 bits per heavy atom. The van der Waals surface area contributed by atoms with Gasteiger partial charge >= 0.3 is 37.1 Å². The van der Waals surface area contributed by atoms with E-state index in [-0.39, 0.29) is 54.3 Å². The molecule has 252 valence electrons. The first kappa shape index (κ1) is 39.0. The van der Waals surface area contributed by atoms with E-state index in [0.29, 0.717) is 0 Å². The van der Waals surface area contributed by atoms with Gasteiger partial charge < -0.3 is 40.5 Å². The number of nitrogens with one attached hydrogen (secondary N) is 4. The number of hydrogen-bond acceptors (Lipinski definition) is 8. The third kappa shape index (κ3) is 7.76. The third-order valence-electron chi connectivity index (χ3n) is 8.73. The number of carbonyl (C=O) groups is 2. The Morgan fingerprint density at radius 2 is 1.08 bits per heavy atom. The Morgan fingerprint density at radius 3 is 1.62 bits per heavy atom.